The first-order valence-corrected chi connectivity index (χ1v) is 12.8. The number of aliphatic hydroxyl groups is 1. The molecule has 1 N–H and O–H groups in total. The van der Waals surface area contributed by atoms with E-state index in [4.69, 9.17) is 11.6 Å². The summed E-state index contributed by atoms with van der Waals surface area (Å²) in [5.41, 5.74) is 1.70. The summed E-state index contributed by atoms with van der Waals surface area (Å²) in [6, 6.07) is 15.0. The van der Waals surface area contributed by atoms with E-state index in [1.54, 1.807) is 48.5 Å². The smallest absolute Gasteiger partial charge is 0.301 e. The average Bonchev–Trinajstić information content (AvgIpc) is 3.46. The summed E-state index contributed by atoms with van der Waals surface area (Å²) in [6.45, 7) is 0. The van der Waals surface area contributed by atoms with Gasteiger partial charge in [-0.3, -0.25) is 19.5 Å². The number of Topliss-reactive ketones (excluding diaryl/α,β-unsaturated/α-hetero) is 1. The number of anilines is 1. The lowest BCUT2D eigenvalue weighted by Crippen LogP contribution is -2.29. The molecule has 0 bridgehead atoms. The zero-order valence-electron chi connectivity index (χ0n) is 18.3. The van der Waals surface area contributed by atoms with Gasteiger partial charge >= 0.3 is 5.91 Å². The maximum absolute atomic E-state index is 13.2. The van der Waals surface area contributed by atoms with E-state index in [0.29, 0.717) is 26.2 Å². The molecule has 1 unspecified atom stereocenters. The summed E-state index contributed by atoms with van der Waals surface area (Å²) in [7, 11) is 0. The molecule has 1 aliphatic rings. The quantitative estimate of drug-likeness (QED) is 0.111. The number of pyridine rings is 1. The molecule has 0 saturated carbocycles. The first kappa shape index (κ1) is 24.1. The Hall–Kier alpha value is -3.60. The van der Waals surface area contributed by atoms with E-state index in [1.807, 2.05) is 0 Å². The van der Waals surface area contributed by atoms with E-state index in [9.17, 15) is 19.1 Å². The Morgan fingerprint density at radius 1 is 1.08 bits per heavy atom. The molecule has 180 valence electrons. The summed E-state index contributed by atoms with van der Waals surface area (Å²) < 4.78 is 13.7. The molecule has 5 rings (SSSR count). The summed E-state index contributed by atoms with van der Waals surface area (Å²) in [4.78, 5) is 31.6. The normalized spacial score (nSPS) is 17.1. The molecule has 1 atom stereocenters. The molecule has 36 heavy (non-hydrogen) atoms. The van der Waals surface area contributed by atoms with Gasteiger partial charge in [-0.1, -0.05) is 59.0 Å². The minimum absolute atomic E-state index is 0.0795. The number of aromatic nitrogens is 3. The first-order valence-electron chi connectivity index (χ1n) is 10.6. The number of benzene rings is 2. The molecule has 1 saturated heterocycles. The fraction of sp³-hybridized carbons (Fsp3) is 0.0800. The second-order valence-corrected chi connectivity index (χ2v) is 10.3. The molecular formula is C25H16ClFN4O3S2. The minimum atomic E-state index is -0.959. The highest BCUT2D eigenvalue weighted by Crippen LogP contribution is 2.44. The molecule has 0 radical (unpaired) electrons. The van der Waals surface area contributed by atoms with Crippen LogP contribution in [0.3, 0.4) is 0 Å². The molecule has 2 aromatic carbocycles. The second kappa shape index (κ2) is 10.2. The number of amides is 1. The predicted octanol–water partition coefficient (Wildman–Crippen LogP) is 5.64. The van der Waals surface area contributed by atoms with E-state index in [2.05, 4.69) is 15.2 Å². The second-order valence-electron chi connectivity index (χ2n) is 7.73. The van der Waals surface area contributed by atoms with Gasteiger partial charge in [0, 0.05) is 28.7 Å². The van der Waals surface area contributed by atoms with Crippen LogP contribution in [-0.2, 0) is 15.3 Å². The summed E-state index contributed by atoms with van der Waals surface area (Å²) >= 11 is 8.74. The highest BCUT2D eigenvalue weighted by Gasteiger charge is 2.48. The Morgan fingerprint density at radius 2 is 1.83 bits per heavy atom. The van der Waals surface area contributed by atoms with Gasteiger partial charge in [-0.2, -0.15) is 0 Å². The van der Waals surface area contributed by atoms with Crippen molar-refractivity contribution in [3.8, 4) is 0 Å². The van der Waals surface area contributed by atoms with Crippen LogP contribution in [0.15, 0.2) is 83.0 Å². The Morgan fingerprint density at radius 3 is 2.56 bits per heavy atom. The molecular weight excluding hydrogens is 523 g/mol. The molecule has 0 aliphatic carbocycles. The lowest BCUT2D eigenvalue weighted by atomic mass is 9.96. The third-order valence-electron chi connectivity index (χ3n) is 5.44. The van der Waals surface area contributed by atoms with Gasteiger partial charge in [-0.05, 0) is 47.5 Å². The van der Waals surface area contributed by atoms with Crippen LogP contribution in [0.4, 0.5) is 9.52 Å². The SMILES string of the molecule is O=C1C(=O)N(c2nnc(SCc3ccc(F)cc3)s2)C(c2cccc(Cl)c2)C1=C(O)c1ccncc1. The predicted molar refractivity (Wildman–Crippen MR) is 136 cm³/mol. The van der Waals surface area contributed by atoms with Crippen LogP contribution in [0.25, 0.3) is 5.76 Å². The number of thioether (sulfide) groups is 1. The van der Waals surface area contributed by atoms with Gasteiger partial charge in [0.2, 0.25) is 5.13 Å². The number of halogens is 2. The largest absolute Gasteiger partial charge is 0.507 e. The van der Waals surface area contributed by atoms with Gasteiger partial charge in [0.15, 0.2) is 4.34 Å². The van der Waals surface area contributed by atoms with Crippen molar-refractivity contribution in [2.24, 2.45) is 0 Å². The van der Waals surface area contributed by atoms with Gasteiger partial charge in [0.25, 0.3) is 5.78 Å². The van der Waals surface area contributed by atoms with Crippen molar-refractivity contribution >= 4 is 57.3 Å². The lowest BCUT2D eigenvalue weighted by Gasteiger charge is -2.22. The number of rotatable bonds is 6. The summed E-state index contributed by atoms with van der Waals surface area (Å²) in [6.07, 6.45) is 2.96. The average molecular weight is 539 g/mol. The molecule has 3 heterocycles. The maximum Gasteiger partial charge on any atom is 0.301 e. The Balaban J connectivity index is 1.53. The topological polar surface area (TPSA) is 96.3 Å². The number of hydrogen-bond donors (Lipinski definition) is 1. The molecule has 7 nitrogen and oxygen atoms in total. The number of carbonyl (C=O) groups is 2. The van der Waals surface area contributed by atoms with Gasteiger partial charge in [-0.15, -0.1) is 10.2 Å². The van der Waals surface area contributed by atoms with Crippen LogP contribution in [0.2, 0.25) is 5.02 Å². The zero-order valence-corrected chi connectivity index (χ0v) is 20.7. The monoisotopic (exact) mass is 538 g/mol. The van der Waals surface area contributed by atoms with Crippen LogP contribution in [0, 0.1) is 5.82 Å². The minimum Gasteiger partial charge on any atom is -0.507 e. The number of nitrogens with zero attached hydrogens (tertiary/aromatic N) is 4. The van der Waals surface area contributed by atoms with Gasteiger partial charge in [0.05, 0.1) is 11.6 Å². The Bertz CT molecular complexity index is 1480. The van der Waals surface area contributed by atoms with Crippen molar-refractivity contribution < 1.29 is 19.1 Å². The first-order chi connectivity index (χ1) is 17.4. The van der Waals surface area contributed by atoms with Crippen molar-refractivity contribution in [1.29, 1.82) is 0 Å². The third-order valence-corrected chi connectivity index (χ3v) is 7.80. The van der Waals surface area contributed by atoms with E-state index in [-0.39, 0.29) is 22.3 Å². The number of carbonyl (C=O) groups excluding carboxylic acids is 2. The van der Waals surface area contributed by atoms with E-state index >= 15 is 0 Å². The highest BCUT2D eigenvalue weighted by atomic mass is 35.5. The lowest BCUT2D eigenvalue weighted by molar-refractivity contribution is -0.132. The van der Waals surface area contributed by atoms with Crippen molar-refractivity contribution in [1.82, 2.24) is 15.2 Å². The maximum atomic E-state index is 13.2. The Kier molecular flexibility index (Phi) is 6.82. The summed E-state index contributed by atoms with van der Waals surface area (Å²) in [5, 5.41) is 20.0. The van der Waals surface area contributed by atoms with Gasteiger partial charge < -0.3 is 5.11 Å². The van der Waals surface area contributed by atoms with E-state index in [0.717, 1.165) is 16.9 Å². The number of hydrogen-bond acceptors (Lipinski definition) is 8. The molecule has 1 amide bonds. The number of ketones is 1. The molecule has 2 aromatic heterocycles. The molecule has 0 spiro atoms. The van der Waals surface area contributed by atoms with Crippen molar-refractivity contribution in [3.05, 3.63) is 106 Å². The highest BCUT2D eigenvalue weighted by molar-refractivity contribution is 8.00. The van der Waals surface area contributed by atoms with Gasteiger partial charge in [-0.25, -0.2) is 4.39 Å². The molecule has 4 aromatic rings. The third kappa shape index (κ3) is 4.75. The summed E-state index contributed by atoms with van der Waals surface area (Å²) in [5.74, 6) is -1.79. The Labute approximate surface area is 218 Å². The zero-order chi connectivity index (χ0) is 25.2. The van der Waals surface area contributed by atoms with E-state index in [1.165, 1.54) is 41.2 Å². The van der Waals surface area contributed by atoms with E-state index < -0.39 is 17.7 Å². The van der Waals surface area contributed by atoms with Crippen molar-refractivity contribution in [2.75, 3.05) is 4.90 Å². The van der Waals surface area contributed by atoms with Crippen LogP contribution in [0.5, 0.6) is 0 Å². The van der Waals surface area contributed by atoms with Crippen LogP contribution in [-0.4, -0.2) is 32.0 Å². The fourth-order valence-corrected chi connectivity index (χ4v) is 5.79. The molecule has 1 aliphatic heterocycles. The fourth-order valence-electron chi connectivity index (χ4n) is 3.77. The standard InChI is InChI=1S/C25H16ClFN4O3S2/c26-17-3-1-2-16(12-17)20-19(21(32)15-8-10-28-11-9-15)22(33)23(34)31(20)24-29-30-25(36-24)35-13-14-4-6-18(27)7-5-14/h1-12,20,32H,13H2. The van der Waals surface area contributed by atoms with Crippen molar-refractivity contribution in [2.45, 2.75) is 16.1 Å². The van der Waals surface area contributed by atoms with Crippen molar-refractivity contribution in [3.63, 3.8) is 0 Å². The van der Waals surface area contributed by atoms with Crippen LogP contribution >= 0.6 is 34.7 Å². The van der Waals surface area contributed by atoms with Crippen LogP contribution in [0.1, 0.15) is 22.7 Å². The molecule has 11 heteroatoms. The van der Waals surface area contributed by atoms with Crippen LogP contribution < -0.4 is 4.90 Å². The van der Waals surface area contributed by atoms with Gasteiger partial charge in [0.1, 0.15) is 11.6 Å². The molecule has 1 fully saturated rings. The number of aliphatic hydroxyl groups excluding tert-OH is 1.